The molecule has 1 aliphatic heterocycles. The summed E-state index contributed by atoms with van der Waals surface area (Å²) in [5, 5.41) is 3.76. The molecular formula is C20H28N2O3S. The van der Waals surface area contributed by atoms with E-state index in [0.29, 0.717) is 6.10 Å². The molecule has 1 aromatic carbocycles. The lowest BCUT2D eigenvalue weighted by Gasteiger charge is -2.46. The molecule has 6 heteroatoms. The number of nitrogens with one attached hydrogen (secondary N) is 1. The number of hydrogen-bond acceptors (Lipinski definition) is 5. The first-order chi connectivity index (χ1) is 12.5. The molecule has 1 amide bonds. The van der Waals surface area contributed by atoms with E-state index < -0.39 is 5.54 Å². The van der Waals surface area contributed by atoms with Crippen LogP contribution in [-0.2, 0) is 21.5 Å². The third kappa shape index (κ3) is 2.28. The molecular weight excluding hydrogens is 348 g/mol. The summed E-state index contributed by atoms with van der Waals surface area (Å²) in [6.07, 6.45) is 7.30. The van der Waals surface area contributed by atoms with Crippen molar-refractivity contribution >= 4 is 17.7 Å². The molecule has 2 unspecified atom stereocenters. The molecule has 26 heavy (non-hydrogen) atoms. The van der Waals surface area contributed by atoms with Gasteiger partial charge in [0.25, 0.3) is 0 Å². The maximum atomic E-state index is 13.7. The van der Waals surface area contributed by atoms with E-state index in [0.717, 1.165) is 43.4 Å². The van der Waals surface area contributed by atoms with E-state index in [-0.39, 0.29) is 16.8 Å². The fourth-order valence-electron chi connectivity index (χ4n) is 5.40. The molecule has 1 aromatic rings. The number of nitrogens with zero attached hydrogens (tertiary/aromatic N) is 1. The Bertz CT molecular complexity index is 717. The molecule has 0 aromatic heterocycles. The molecule has 1 N–H and O–H groups in total. The normalized spacial score (nSPS) is 36.2. The molecule has 1 saturated carbocycles. The minimum atomic E-state index is -0.655. The zero-order valence-electron chi connectivity index (χ0n) is 16.0. The van der Waals surface area contributed by atoms with Crippen LogP contribution in [0.25, 0.3) is 0 Å². The third-order valence-electron chi connectivity index (χ3n) is 6.82. The molecule has 2 fully saturated rings. The monoisotopic (exact) mass is 376 g/mol. The maximum absolute atomic E-state index is 13.7. The van der Waals surface area contributed by atoms with Crippen LogP contribution in [0.3, 0.4) is 0 Å². The van der Waals surface area contributed by atoms with Crippen molar-refractivity contribution in [1.82, 2.24) is 10.2 Å². The highest BCUT2D eigenvalue weighted by Crippen LogP contribution is 2.60. The zero-order valence-corrected chi connectivity index (χ0v) is 16.8. The van der Waals surface area contributed by atoms with Crippen molar-refractivity contribution in [3.63, 3.8) is 0 Å². The van der Waals surface area contributed by atoms with Crippen molar-refractivity contribution in [2.75, 3.05) is 27.5 Å². The minimum Gasteiger partial charge on any atom is -0.497 e. The molecule has 1 heterocycles. The van der Waals surface area contributed by atoms with E-state index in [4.69, 9.17) is 9.47 Å². The number of hydrogen-bond donors (Lipinski definition) is 1. The largest absolute Gasteiger partial charge is 0.497 e. The van der Waals surface area contributed by atoms with Crippen LogP contribution in [0.5, 0.6) is 5.75 Å². The van der Waals surface area contributed by atoms with Crippen molar-refractivity contribution in [2.24, 2.45) is 5.41 Å². The summed E-state index contributed by atoms with van der Waals surface area (Å²) in [5.41, 5.74) is 1.64. The molecule has 2 aliphatic carbocycles. The number of likely N-dealkylation sites (N-methyl/N-ethyl adjacent to an activating group) is 1. The van der Waals surface area contributed by atoms with Crippen LogP contribution in [0.1, 0.15) is 36.8 Å². The van der Waals surface area contributed by atoms with Gasteiger partial charge >= 0.3 is 0 Å². The zero-order chi connectivity index (χ0) is 18.5. The number of methoxy groups -OCH3 is 2. The quantitative estimate of drug-likeness (QED) is 0.879. The Balaban J connectivity index is 1.85. The Hall–Kier alpha value is -1.24. The van der Waals surface area contributed by atoms with Crippen molar-refractivity contribution in [1.29, 1.82) is 0 Å². The van der Waals surface area contributed by atoms with Crippen LogP contribution in [0.4, 0.5) is 0 Å². The van der Waals surface area contributed by atoms with E-state index in [1.54, 1.807) is 26.0 Å². The second kappa shape index (κ2) is 6.43. The summed E-state index contributed by atoms with van der Waals surface area (Å²) >= 11 is 1.68. The van der Waals surface area contributed by atoms with Gasteiger partial charge in [-0.1, -0.05) is 6.07 Å². The smallest absolute Gasteiger partial charge is 0.249 e. The first kappa shape index (κ1) is 18.1. The van der Waals surface area contributed by atoms with E-state index in [1.807, 2.05) is 18.0 Å². The fraction of sp³-hybridized carbons (Fsp3) is 0.650. The second-order valence-corrected chi connectivity index (χ2v) is 8.73. The van der Waals surface area contributed by atoms with Crippen LogP contribution in [0.2, 0.25) is 0 Å². The Kier molecular flexibility index (Phi) is 4.48. The maximum Gasteiger partial charge on any atom is 0.249 e. The topological polar surface area (TPSA) is 50.8 Å². The second-order valence-electron chi connectivity index (χ2n) is 7.81. The van der Waals surface area contributed by atoms with Gasteiger partial charge in [0, 0.05) is 19.6 Å². The molecule has 1 saturated heterocycles. The van der Waals surface area contributed by atoms with E-state index in [2.05, 4.69) is 23.7 Å². The SMILES string of the molecule is COc1ccc2c(c1)C1(NC(SC)N(C)C1=O)C1(CCC(OC)CC1)C2. The number of benzene rings is 1. The van der Waals surface area contributed by atoms with Gasteiger partial charge in [-0.25, -0.2) is 0 Å². The molecule has 0 bridgehead atoms. The van der Waals surface area contributed by atoms with Crippen molar-refractivity contribution in [3.05, 3.63) is 29.3 Å². The molecule has 2 spiro atoms. The standard InChI is InChI=1S/C20H28N2O3S/c1-22-17(23)20(21-18(22)26-4)16-11-15(25-3)6-5-13(16)12-19(20)9-7-14(24-2)8-10-19/h5-6,11,14,18,21H,7-10,12H2,1-4H3. The highest BCUT2D eigenvalue weighted by molar-refractivity contribution is 7.99. The van der Waals surface area contributed by atoms with Crippen LogP contribution in [-0.4, -0.2) is 49.9 Å². The first-order valence-electron chi connectivity index (χ1n) is 9.29. The summed E-state index contributed by atoms with van der Waals surface area (Å²) in [7, 11) is 5.39. The average Bonchev–Trinajstić information content (AvgIpc) is 3.09. The summed E-state index contributed by atoms with van der Waals surface area (Å²) in [6, 6.07) is 6.24. The molecule has 0 radical (unpaired) electrons. The highest BCUT2D eigenvalue weighted by atomic mass is 32.2. The lowest BCUT2D eigenvalue weighted by atomic mass is 9.61. The third-order valence-corrected chi connectivity index (χ3v) is 7.71. The number of amides is 1. The minimum absolute atomic E-state index is 0.00308. The number of rotatable bonds is 3. The van der Waals surface area contributed by atoms with Gasteiger partial charge in [0.05, 0.1) is 13.2 Å². The number of carbonyl (C=O) groups excluding carboxylic acids is 1. The van der Waals surface area contributed by atoms with Crippen LogP contribution < -0.4 is 10.1 Å². The van der Waals surface area contributed by atoms with Crippen LogP contribution in [0, 0.1) is 5.41 Å². The van der Waals surface area contributed by atoms with Crippen molar-refractivity contribution < 1.29 is 14.3 Å². The molecule has 3 aliphatic rings. The highest BCUT2D eigenvalue weighted by Gasteiger charge is 2.67. The van der Waals surface area contributed by atoms with Gasteiger partial charge in [-0.2, -0.15) is 0 Å². The van der Waals surface area contributed by atoms with Gasteiger partial charge < -0.3 is 14.4 Å². The summed E-state index contributed by atoms with van der Waals surface area (Å²) in [5.74, 6) is 1.01. The first-order valence-corrected chi connectivity index (χ1v) is 10.6. The number of ether oxygens (including phenoxy) is 2. The Morgan fingerprint density at radius 3 is 2.58 bits per heavy atom. The van der Waals surface area contributed by atoms with Crippen LogP contribution >= 0.6 is 11.8 Å². The lowest BCUT2D eigenvalue weighted by molar-refractivity contribution is -0.138. The number of thioether (sulfide) groups is 1. The van der Waals surface area contributed by atoms with E-state index in [1.165, 1.54) is 5.56 Å². The summed E-state index contributed by atoms with van der Waals surface area (Å²) in [6.45, 7) is 0. The van der Waals surface area contributed by atoms with Gasteiger partial charge in [-0.05, 0) is 61.6 Å². The van der Waals surface area contributed by atoms with E-state index in [9.17, 15) is 4.79 Å². The van der Waals surface area contributed by atoms with Gasteiger partial charge in [0.1, 0.15) is 16.8 Å². The molecule has 4 rings (SSSR count). The average molecular weight is 377 g/mol. The lowest BCUT2D eigenvalue weighted by Crippen LogP contribution is -2.56. The van der Waals surface area contributed by atoms with Gasteiger partial charge in [0.2, 0.25) is 5.91 Å². The Morgan fingerprint density at radius 1 is 1.27 bits per heavy atom. The van der Waals surface area contributed by atoms with Crippen molar-refractivity contribution in [2.45, 2.75) is 49.2 Å². The molecule has 5 nitrogen and oxygen atoms in total. The van der Waals surface area contributed by atoms with Gasteiger partial charge in [-0.15, -0.1) is 11.8 Å². The van der Waals surface area contributed by atoms with Gasteiger partial charge in [-0.3, -0.25) is 10.1 Å². The number of fused-ring (bicyclic) bond motifs is 3. The summed E-state index contributed by atoms with van der Waals surface area (Å²) < 4.78 is 11.1. The predicted octanol–water partition coefficient (Wildman–Crippen LogP) is 2.73. The van der Waals surface area contributed by atoms with Gasteiger partial charge in [0.15, 0.2) is 0 Å². The Labute approximate surface area is 159 Å². The Morgan fingerprint density at radius 2 is 2.00 bits per heavy atom. The van der Waals surface area contributed by atoms with Crippen molar-refractivity contribution in [3.8, 4) is 5.75 Å². The van der Waals surface area contributed by atoms with Crippen LogP contribution in [0.15, 0.2) is 18.2 Å². The molecule has 2 atom stereocenters. The summed E-state index contributed by atoms with van der Waals surface area (Å²) in [4.78, 5) is 15.5. The fourth-order valence-corrected chi connectivity index (χ4v) is 6.11. The predicted molar refractivity (Wildman–Crippen MR) is 103 cm³/mol. The van der Waals surface area contributed by atoms with E-state index >= 15 is 0 Å². The molecule has 142 valence electrons. The number of carbonyl (C=O) groups is 1.